The van der Waals surface area contributed by atoms with Gasteiger partial charge in [0.05, 0.1) is 13.7 Å². The second-order valence-corrected chi connectivity index (χ2v) is 9.44. The standard InChI is InChI=1S/C31H30N2O4/c1-36-30(34)17-12-22-6-5-9-27(18-22)33(31(35)25-7-3-2-4-8-25)20-23-10-13-24(14-11-23)26-15-16-28-29(19-26)37-21-32-28/h5-6,9-19,21,25H,2-4,7-8,20H2,1H3/b17-12+. The van der Waals surface area contributed by atoms with E-state index in [2.05, 4.69) is 29.2 Å². The summed E-state index contributed by atoms with van der Waals surface area (Å²) in [5.41, 5.74) is 6.42. The fourth-order valence-electron chi connectivity index (χ4n) is 4.91. The van der Waals surface area contributed by atoms with Crippen molar-refractivity contribution in [3.63, 3.8) is 0 Å². The Kier molecular flexibility index (Phi) is 7.45. The number of ether oxygens (including phenoxy) is 1. The number of methoxy groups -OCH3 is 1. The molecule has 0 aliphatic heterocycles. The van der Waals surface area contributed by atoms with Crippen LogP contribution in [0.3, 0.4) is 0 Å². The molecule has 3 aromatic carbocycles. The van der Waals surface area contributed by atoms with Gasteiger partial charge in [0.2, 0.25) is 5.91 Å². The van der Waals surface area contributed by atoms with Crippen molar-refractivity contribution in [3.8, 4) is 11.1 Å². The summed E-state index contributed by atoms with van der Waals surface area (Å²) in [5, 5.41) is 0. The summed E-state index contributed by atoms with van der Waals surface area (Å²) < 4.78 is 10.2. The number of esters is 1. The highest BCUT2D eigenvalue weighted by Crippen LogP contribution is 2.30. The van der Waals surface area contributed by atoms with Crippen molar-refractivity contribution >= 4 is 34.7 Å². The number of hydrogen-bond acceptors (Lipinski definition) is 5. The minimum Gasteiger partial charge on any atom is -0.466 e. The van der Waals surface area contributed by atoms with E-state index in [1.165, 1.54) is 26.0 Å². The Bertz CT molecular complexity index is 1410. The maximum atomic E-state index is 13.7. The molecule has 0 bridgehead atoms. The summed E-state index contributed by atoms with van der Waals surface area (Å²) in [7, 11) is 1.35. The second-order valence-electron chi connectivity index (χ2n) is 9.44. The highest BCUT2D eigenvalue weighted by atomic mass is 16.5. The molecule has 5 rings (SSSR count). The van der Waals surface area contributed by atoms with Crippen LogP contribution in [0.5, 0.6) is 0 Å². The normalized spacial score (nSPS) is 14.2. The number of carbonyl (C=O) groups is 2. The predicted octanol–water partition coefficient (Wildman–Crippen LogP) is 6.79. The number of amides is 1. The smallest absolute Gasteiger partial charge is 0.330 e. The average molecular weight is 495 g/mol. The van der Waals surface area contributed by atoms with Crippen LogP contribution < -0.4 is 4.90 Å². The molecule has 188 valence electrons. The van der Waals surface area contributed by atoms with E-state index in [4.69, 9.17) is 9.15 Å². The van der Waals surface area contributed by atoms with Gasteiger partial charge >= 0.3 is 5.97 Å². The molecule has 0 spiro atoms. The third kappa shape index (κ3) is 5.80. The summed E-state index contributed by atoms with van der Waals surface area (Å²) in [4.78, 5) is 31.4. The minimum absolute atomic E-state index is 0.0379. The van der Waals surface area contributed by atoms with Crippen LogP contribution in [0.25, 0.3) is 28.3 Å². The fraction of sp³-hybridized carbons (Fsp3) is 0.258. The largest absolute Gasteiger partial charge is 0.466 e. The fourth-order valence-corrected chi connectivity index (χ4v) is 4.91. The van der Waals surface area contributed by atoms with Gasteiger partial charge in [-0.3, -0.25) is 4.79 Å². The zero-order chi connectivity index (χ0) is 25.6. The van der Waals surface area contributed by atoms with E-state index in [0.29, 0.717) is 6.54 Å². The van der Waals surface area contributed by atoms with Gasteiger partial charge in [0.25, 0.3) is 0 Å². The first-order valence-corrected chi connectivity index (χ1v) is 12.7. The second kappa shape index (κ2) is 11.2. The van der Waals surface area contributed by atoms with Crippen LogP contribution in [0.2, 0.25) is 0 Å². The molecule has 6 nitrogen and oxygen atoms in total. The van der Waals surface area contributed by atoms with Crippen LogP contribution in [0.1, 0.15) is 43.2 Å². The van der Waals surface area contributed by atoms with Crippen LogP contribution in [-0.2, 0) is 20.9 Å². The Labute approximate surface area is 216 Å². The molecule has 1 aliphatic rings. The van der Waals surface area contributed by atoms with E-state index >= 15 is 0 Å². The third-order valence-electron chi connectivity index (χ3n) is 6.97. The number of anilines is 1. The van der Waals surface area contributed by atoms with Crippen molar-refractivity contribution < 1.29 is 18.7 Å². The molecular formula is C31H30N2O4. The van der Waals surface area contributed by atoms with Gasteiger partial charge in [-0.1, -0.05) is 61.7 Å². The number of oxazole rings is 1. The van der Waals surface area contributed by atoms with Gasteiger partial charge in [0.1, 0.15) is 5.52 Å². The number of carbonyl (C=O) groups excluding carboxylic acids is 2. The molecule has 0 N–H and O–H groups in total. The van der Waals surface area contributed by atoms with Crippen molar-refractivity contribution in [2.45, 2.75) is 38.6 Å². The van der Waals surface area contributed by atoms with Crippen molar-refractivity contribution in [2.24, 2.45) is 5.92 Å². The Morgan fingerprint density at radius 1 is 1.00 bits per heavy atom. The number of nitrogens with zero attached hydrogens (tertiary/aromatic N) is 2. The summed E-state index contributed by atoms with van der Waals surface area (Å²) in [5.74, 6) is -0.215. The van der Waals surface area contributed by atoms with Gasteiger partial charge in [-0.15, -0.1) is 0 Å². The zero-order valence-electron chi connectivity index (χ0n) is 20.9. The lowest BCUT2D eigenvalue weighted by molar-refractivity contribution is -0.134. The zero-order valence-corrected chi connectivity index (χ0v) is 20.9. The van der Waals surface area contributed by atoms with Gasteiger partial charge in [-0.05, 0) is 65.4 Å². The Morgan fingerprint density at radius 3 is 2.57 bits per heavy atom. The van der Waals surface area contributed by atoms with Gasteiger partial charge in [0.15, 0.2) is 12.0 Å². The monoisotopic (exact) mass is 494 g/mol. The predicted molar refractivity (Wildman–Crippen MR) is 145 cm³/mol. The number of benzene rings is 3. The third-order valence-corrected chi connectivity index (χ3v) is 6.97. The molecule has 1 aliphatic carbocycles. The van der Waals surface area contributed by atoms with E-state index in [1.54, 1.807) is 6.08 Å². The molecule has 0 unspecified atom stereocenters. The SMILES string of the molecule is COC(=O)/C=C/c1cccc(N(Cc2ccc(-c3ccc4ncoc4c3)cc2)C(=O)C2CCCCC2)c1. The van der Waals surface area contributed by atoms with Crippen LogP contribution in [0, 0.1) is 5.92 Å². The van der Waals surface area contributed by atoms with Crippen molar-refractivity contribution in [2.75, 3.05) is 12.0 Å². The first kappa shape index (κ1) is 24.5. The molecule has 1 amide bonds. The maximum absolute atomic E-state index is 13.7. The molecule has 1 aromatic heterocycles. The van der Waals surface area contributed by atoms with Crippen LogP contribution in [-0.4, -0.2) is 24.0 Å². The van der Waals surface area contributed by atoms with Gasteiger partial charge in [0, 0.05) is 17.7 Å². The number of hydrogen-bond donors (Lipinski definition) is 0. The van der Waals surface area contributed by atoms with Crippen molar-refractivity contribution in [1.29, 1.82) is 0 Å². The molecular weight excluding hydrogens is 464 g/mol. The summed E-state index contributed by atoms with van der Waals surface area (Å²) in [6.45, 7) is 0.473. The first-order valence-electron chi connectivity index (χ1n) is 12.7. The molecule has 1 saturated carbocycles. The molecule has 6 heteroatoms. The first-order chi connectivity index (χ1) is 18.1. The van der Waals surface area contributed by atoms with E-state index in [9.17, 15) is 9.59 Å². The van der Waals surface area contributed by atoms with Gasteiger partial charge < -0.3 is 14.1 Å². The van der Waals surface area contributed by atoms with Crippen molar-refractivity contribution in [1.82, 2.24) is 4.98 Å². The molecule has 1 fully saturated rings. The summed E-state index contributed by atoms with van der Waals surface area (Å²) in [6, 6.07) is 22.0. The van der Waals surface area contributed by atoms with Gasteiger partial charge in [-0.2, -0.15) is 0 Å². The summed E-state index contributed by atoms with van der Waals surface area (Å²) in [6.07, 6.45) is 9.79. The molecule has 4 aromatic rings. The molecule has 37 heavy (non-hydrogen) atoms. The van der Waals surface area contributed by atoms with E-state index in [0.717, 1.165) is 64.7 Å². The lowest BCUT2D eigenvalue weighted by atomic mass is 9.88. The lowest BCUT2D eigenvalue weighted by Crippen LogP contribution is -2.36. The molecule has 1 heterocycles. The molecule has 0 saturated heterocycles. The van der Waals surface area contributed by atoms with E-state index < -0.39 is 5.97 Å². The van der Waals surface area contributed by atoms with Crippen molar-refractivity contribution in [3.05, 3.63) is 90.3 Å². The van der Waals surface area contributed by atoms with Gasteiger partial charge in [-0.25, -0.2) is 9.78 Å². The van der Waals surface area contributed by atoms with Crippen LogP contribution in [0.4, 0.5) is 5.69 Å². The lowest BCUT2D eigenvalue weighted by Gasteiger charge is -2.30. The topological polar surface area (TPSA) is 72.6 Å². The van der Waals surface area contributed by atoms with E-state index in [1.807, 2.05) is 47.4 Å². The average Bonchev–Trinajstić information content (AvgIpc) is 3.43. The Morgan fingerprint density at radius 2 is 1.78 bits per heavy atom. The Hall–Kier alpha value is -4.19. The van der Waals surface area contributed by atoms with Crippen LogP contribution >= 0.6 is 0 Å². The summed E-state index contributed by atoms with van der Waals surface area (Å²) >= 11 is 0. The van der Waals surface area contributed by atoms with Crippen LogP contribution in [0.15, 0.2) is 83.6 Å². The highest BCUT2D eigenvalue weighted by Gasteiger charge is 2.27. The number of aromatic nitrogens is 1. The maximum Gasteiger partial charge on any atom is 0.330 e. The molecule has 0 atom stereocenters. The molecule has 0 radical (unpaired) electrons. The van der Waals surface area contributed by atoms with E-state index in [-0.39, 0.29) is 11.8 Å². The Balaban J connectivity index is 1.41. The minimum atomic E-state index is -0.414. The number of rotatable bonds is 7. The number of fused-ring (bicyclic) bond motifs is 1. The quantitative estimate of drug-likeness (QED) is 0.209. The highest BCUT2D eigenvalue weighted by molar-refractivity contribution is 5.95.